The molecule has 2 nitrogen and oxygen atoms in total. The second kappa shape index (κ2) is 6.04. The third kappa shape index (κ3) is 3.87. The van der Waals surface area contributed by atoms with Crippen molar-refractivity contribution in [1.29, 1.82) is 0 Å². The Morgan fingerprint density at radius 1 is 1.39 bits per heavy atom. The van der Waals surface area contributed by atoms with Gasteiger partial charge in [0, 0.05) is 5.33 Å². The second-order valence-electron chi connectivity index (χ2n) is 3.49. The molecule has 0 amide bonds. The molecule has 1 aromatic rings. The smallest absolute Gasteiger partial charge is 0.417 e. The first-order valence-electron chi connectivity index (χ1n) is 5.03. The minimum Gasteiger partial charge on any atom is -0.478 e. The number of rotatable bonds is 4. The minimum absolute atomic E-state index is 0.327. The maximum Gasteiger partial charge on any atom is 0.417 e. The van der Waals surface area contributed by atoms with Crippen molar-refractivity contribution >= 4 is 28.0 Å². The fourth-order valence-electron chi connectivity index (χ4n) is 1.37. The van der Waals surface area contributed by atoms with Gasteiger partial charge in [-0.3, -0.25) is 0 Å². The molecule has 0 saturated carbocycles. The molecule has 0 aliphatic carbocycles. The van der Waals surface area contributed by atoms with Gasteiger partial charge >= 0.3 is 12.1 Å². The molecule has 0 fully saturated rings. The number of carbonyl (C=O) groups is 1. The molecule has 0 heterocycles. The Morgan fingerprint density at radius 3 is 2.56 bits per heavy atom. The van der Waals surface area contributed by atoms with Crippen LogP contribution in [0.3, 0.4) is 0 Å². The highest BCUT2D eigenvalue weighted by atomic mass is 79.9. The van der Waals surface area contributed by atoms with Crippen molar-refractivity contribution in [2.45, 2.75) is 12.6 Å². The van der Waals surface area contributed by atoms with Crippen LogP contribution in [0.15, 0.2) is 24.3 Å². The summed E-state index contributed by atoms with van der Waals surface area (Å²) < 4.78 is 38.0. The molecular formula is C12H10BrF3O2. The van der Waals surface area contributed by atoms with Gasteiger partial charge in [-0.15, -0.1) is 0 Å². The molecule has 0 radical (unpaired) electrons. The molecular weight excluding hydrogens is 313 g/mol. The van der Waals surface area contributed by atoms with E-state index in [1.54, 1.807) is 6.08 Å². The van der Waals surface area contributed by atoms with Gasteiger partial charge in [-0.2, -0.15) is 13.2 Å². The molecule has 0 atom stereocenters. The Labute approximate surface area is 110 Å². The molecule has 1 rings (SSSR count). The van der Waals surface area contributed by atoms with Gasteiger partial charge in [-0.05, 0) is 24.1 Å². The van der Waals surface area contributed by atoms with Crippen LogP contribution in [0.2, 0.25) is 0 Å². The van der Waals surface area contributed by atoms with Crippen LogP contribution >= 0.6 is 15.9 Å². The van der Waals surface area contributed by atoms with Crippen molar-refractivity contribution in [3.63, 3.8) is 0 Å². The zero-order chi connectivity index (χ0) is 13.8. The highest BCUT2D eigenvalue weighted by Crippen LogP contribution is 2.33. The number of carboxylic acid groups (broad SMARTS) is 1. The van der Waals surface area contributed by atoms with Crippen molar-refractivity contribution in [2.75, 3.05) is 5.33 Å². The van der Waals surface area contributed by atoms with Crippen molar-refractivity contribution in [3.05, 3.63) is 41.0 Å². The van der Waals surface area contributed by atoms with E-state index in [1.165, 1.54) is 12.1 Å². The van der Waals surface area contributed by atoms with Crippen LogP contribution in [-0.2, 0) is 6.18 Å². The number of benzene rings is 1. The Balaban J connectivity index is 3.18. The van der Waals surface area contributed by atoms with Gasteiger partial charge in [0.15, 0.2) is 0 Å². The number of halogens is 4. The van der Waals surface area contributed by atoms with Crippen LogP contribution in [0.4, 0.5) is 13.2 Å². The van der Waals surface area contributed by atoms with Crippen LogP contribution in [0.5, 0.6) is 0 Å². The zero-order valence-electron chi connectivity index (χ0n) is 9.17. The summed E-state index contributed by atoms with van der Waals surface area (Å²) in [6.45, 7) is 0. The first-order chi connectivity index (χ1) is 8.36. The van der Waals surface area contributed by atoms with E-state index in [4.69, 9.17) is 5.11 Å². The molecule has 0 spiro atoms. The molecule has 0 unspecified atom stereocenters. The fourth-order valence-corrected chi connectivity index (χ4v) is 1.63. The van der Waals surface area contributed by atoms with Gasteiger partial charge in [-0.1, -0.05) is 34.1 Å². The third-order valence-corrected chi connectivity index (χ3v) is 2.62. The summed E-state index contributed by atoms with van der Waals surface area (Å²) in [6, 6.07) is 3.16. The molecule has 98 valence electrons. The highest BCUT2D eigenvalue weighted by molar-refractivity contribution is 9.09. The van der Waals surface area contributed by atoms with Crippen LogP contribution in [0.25, 0.3) is 6.08 Å². The summed E-state index contributed by atoms with van der Waals surface area (Å²) in [4.78, 5) is 10.7. The monoisotopic (exact) mass is 322 g/mol. The number of hydrogen-bond acceptors (Lipinski definition) is 1. The molecule has 0 saturated heterocycles. The lowest BCUT2D eigenvalue weighted by atomic mass is 10.0. The van der Waals surface area contributed by atoms with Crippen molar-refractivity contribution in [3.8, 4) is 0 Å². The SMILES string of the molecule is O=C(O)c1ccc(C=CCCBr)cc1C(F)(F)F. The Kier molecular flexibility index (Phi) is 4.95. The first-order valence-corrected chi connectivity index (χ1v) is 6.15. The highest BCUT2D eigenvalue weighted by Gasteiger charge is 2.35. The fraction of sp³-hybridized carbons (Fsp3) is 0.250. The maximum atomic E-state index is 12.7. The van der Waals surface area contributed by atoms with E-state index in [-0.39, 0.29) is 0 Å². The van der Waals surface area contributed by atoms with E-state index in [0.29, 0.717) is 17.3 Å². The lowest BCUT2D eigenvalue weighted by Gasteiger charge is -2.10. The Bertz CT molecular complexity index is 467. The summed E-state index contributed by atoms with van der Waals surface area (Å²) in [5.41, 5.74) is -1.54. The molecule has 0 aromatic heterocycles. The molecule has 1 aromatic carbocycles. The first kappa shape index (κ1) is 14.8. The second-order valence-corrected chi connectivity index (χ2v) is 4.28. The van der Waals surface area contributed by atoms with E-state index in [1.807, 2.05) is 0 Å². The third-order valence-electron chi connectivity index (χ3n) is 2.17. The number of carboxylic acids is 1. The summed E-state index contributed by atoms with van der Waals surface area (Å²) in [5.74, 6) is -1.58. The molecule has 0 bridgehead atoms. The van der Waals surface area contributed by atoms with Crippen molar-refractivity contribution in [2.24, 2.45) is 0 Å². The van der Waals surface area contributed by atoms with E-state index in [9.17, 15) is 18.0 Å². The molecule has 0 aliphatic rings. The topological polar surface area (TPSA) is 37.3 Å². The lowest BCUT2D eigenvalue weighted by Crippen LogP contribution is -2.13. The maximum absolute atomic E-state index is 12.7. The lowest BCUT2D eigenvalue weighted by molar-refractivity contribution is -0.138. The van der Waals surface area contributed by atoms with Gasteiger partial charge in [0.2, 0.25) is 0 Å². The average molecular weight is 323 g/mol. The normalized spacial score (nSPS) is 12.0. The van der Waals surface area contributed by atoms with Gasteiger partial charge in [0.1, 0.15) is 0 Å². The summed E-state index contributed by atoms with van der Waals surface area (Å²) in [6.07, 6.45) is -0.748. The Morgan fingerprint density at radius 2 is 2.06 bits per heavy atom. The van der Waals surface area contributed by atoms with Gasteiger partial charge < -0.3 is 5.11 Å². The average Bonchev–Trinajstić information content (AvgIpc) is 2.28. The summed E-state index contributed by atoms with van der Waals surface area (Å²) in [7, 11) is 0. The molecule has 0 aliphatic heterocycles. The number of aromatic carboxylic acids is 1. The quantitative estimate of drug-likeness (QED) is 0.843. The number of allylic oxidation sites excluding steroid dienone is 1. The van der Waals surface area contributed by atoms with Crippen LogP contribution < -0.4 is 0 Å². The molecule has 18 heavy (non-hydrogen) atoms. The van der Waals surface area contributed by atoms with E-state index in [2.05, 4.69) is 15.9 Å². The van der Waals surface area contributed by atoms with Crippen molar-refractivity contribution in [1.82, 2.24) is 0 Å². The minimum atomic E-state index is -4.67. The zero-order valence-corrected chi connectivity index (χ0v) is 10.8. The molecule has 6 heteroatoms. The largest absolute Gasteiger partial charge is 0.478 e. The van der Waals surface area contributed by atoms with Gasteiger partial charge in [0.25, 0.3) is 0 Å². The van der Waals surface area contributed by atoms with E-state index >= 15 is 0 Å². The van der Waals surface area contributed by atoms with E-state index in [0.717, 1.165) is 12.1 Å². The number of hydrogen-bond donors (Lipinski definition) is 1. The standard InChI is InChI=1S/C12H10BrF3O2/c13-6-2-1-3-8-4-5-9(11(17)18)10(7-8)12(14,15)16/h1,3-5,7H,2,6H2,(H,17,18). The predicted molar refractivity (Wildman–Crippen MR) is 65.8 cm³/mol. The number of alkyl halides is 4. The van der Waals surface area contributed by atoms with Crippen LogP contribution in [0, 0.1) is 0 Å². The summed E-state index contributed by atoms with van der Waals surface area (Å²) in [5, 5.41) is 9.42. The Hall–Kier alpha value is -1.30. The van der Waals surface area contributed by atoms with Gasteiger partial charge in [0.05, 0.1) is 11.1 Å². The van der Waals surface area contributed by atoms with E-state index < -0.39 is 23.3 Å². The summed E-state index contributed by atoms with van der Waals surface area (Å²) >= 11 is 3.19. The predicted octanol–water partition coefficient (Wildman–Crippen LogP) is 4.20. The van der Waals surface area contributed by atoms with Crippen LogP contribution in [0.1, 0.15) is 27.9 Å². The molecule has 1 N–H and O–H groups in total. The van der Waals surface area contributed by atoms with Crippen molar-refractivity contribution < 1.29 is 23.1 Å². The van der Waals surface area contributed by atoms with Gasteiger partial charge in [-0.25, -0.2) is 4.79 Å². The van der Waals surface area contributed by atoms with Crippen LogP contribution in [-0.4, -0.2) is 16.4 Å².